The molecule has 1 amide bonds. The largest absolute Gasteiger partial charge is 0.397 e. The third-order valence-corrected chi connectivity index (χ3v) is 5.11. The molecular weight excluding hydrogens is 292 g/mol. The molecule has 2 rings (SSSR count). The molecule has 0 aliphatic carbocycles. The zero-order valence-electron chi connectivity index (χ0n) is 11.9. The smallest absolute Gasteiger partial charge is 0.263 e. The fourth-order valence-corrected chi connectivity index (χ4v) is 3.27. The lowest BCUT2D eigenvalue weighted by Gasteiger charge is -2.15. The number of nitrogen functional groups attached to an aromatic ring is 1. The summed E-state index contributed by atoms with van der Waals surface area (Å²) in [5, 5.41) is 4.32. The molecule has 1 aromatic carbocycles. The second-order valence-electron chi connectivity index (χ2n) is 5.39. The van der Waals surface area contributed by atoms with E-state index >= 15 is 0 Å². The molecule has 1 aromatic heterocycles. The molecule has 0 aliphatic heterocycles. The number of nitrogens with two attached hydrogens (primary N) is 1. The number of carbonyl (C=O) groups excluding carboxylic acids is 1. The number of nitrogens with one attached hydrogen (secondary N) is 1. The quantitative estimate of drug-likeness (QED) is 0.891. The van der Waals surface area contributed by atoms with E-state index in [9.17, 15) is 4.79 Å². The lowest BCUT2D eigenvalue weighted by atomic mass is 9.98. The number of hydrogen-bond acceptors (Lipinski definition) is 3. The van der Waals surface area contributed by atoms with Gasteiger partial charge in [0.15, 0.2) is 0 Å². The highest BCUT2D eigenvalue weighted by Crippen LogP contribution is 2.37. The maximum atomic E-state index is 12.2. The van der Waals surface area contributed by atoms with Crippen LogP contribution in [-0.4, -0.2) is 12.5 Å². The van der Waals surface area contributed by atoms with Crippen LogP contribution in [0.5, 0.6) is 0 Å². The van der Waals surface area contributed by atoms with Crippen LogP contribution in [0.3, 0.4) is 0 Å². The molecule has 0 spiro atoms. The Hall–Kier alpha value is -1.26. The highest BCUT2D eigenvalue weighted by atomic mass is 35.5. The Morgan fingerprint density at radius 1 is 1.40 bits per heavy atom. The molecule has 1 unspecified atom stereocenters. The van der Waals surface area contributed by atoms with Crippen molar-refractivity contribution in [2.24, 2.45) is 11.8 Å². The molecule has 0 fully saturated rings. The zero-order valence-corrected chi connectivity index (χ0v) is 13.4. The number of benzene rings is 1. The van der Waals surface area contributed by atoms with Gasteiger partial charge < -0.3 is 11.1 Å². The average Bonchev–Trinajstić information content (AvgIpc) is 2.74. The van der Waals surface area contributed by atoms with Gasteiger partial charge in [-0.1, -0.05) is 38.4 Å². The topological polar surface area (TPSA) is 55.1 Å². The third-order valence-electron chi connectivity index (χ3n) is 3.63. The van der Waals surface area contributed by atoms with Crippen LogP contribution in [0.2, 0.25) is 5.02 Å². The van der Waals surface area contributed by atoms with Crippen molar-refractivity contribution >= 4 is 44.6 Å². The van der Waals surface area contributed by atoms with Gasteiger partial charge in [-0.15, -0.1) is 11.3 Å². The Kier molecular flexibility index (Phi) is 4.55. The minimum atomic E-state index is -0.118. The monoisotopic (exact) mass is 310 g/mol. The molecule has 0 aliphatic rings. The fraction of sp³-hybridized carbons (Fsp3) is 0.400. The van der Waals surface area contributed by atoms with E-state index in [0.29, 0.717) is 34.0 Å². The second-order valence-corrected chi connectivity index (χ2v) is 6.85. The molecule has 108 valence electrons. The molecule has 0 bridgehead atoms. The van der Waals surface area contributed by atoms with Gasteiger partial charge in [-0.05, 0) is 24.0 Å². The van der Waals surface area contributed by atoms with Crippen molar-refractivity contribution in [2.45, 2.75) is 20.8 Å². The summed E-state index contributed by atoms with van der Waals surface area (Å²) in [7, 11) is 0. The van der Waals surface area contributed by atoms with E-state index in [1.807, 2.05) is 12.1 Å². The van der Waals surface area contributed by atoms with Gasteiger partial charge in [-0.25, -0.2) is 0 Å². The van der Waals surface area contributed by atoms with Crippen molar-refractivity contribution in [2.75, 3.05) is 12.3 Å². The van der Waals surface area contributed by atoms with Crippen LogP contribution in [-0.2, 0) is 0 Å². The Morgan fingerprint density at radius 3 is 2.70 bits per heavy atom. The van der Waals surface area contributed by atoms with Crippen LogP contribution in [0.25, 0.3) is 10.1 Å². The summed E-state index contributed by atoms with van der Waals surface area (Å²) in [5.41, 5.74) is 6.55. The van der Waals surface area contributed by atoms with Gasteiger partial charge in [-0.2, -0.15) is 0 Å². The molecule has 5 heteroatoms. The molecule has 0 radical (unpaired) electrons. The summed E-state index contributed by atoms with van der Waals surface area (Å²) in [6.45, 7) is 7.06. The summed E-state index contributed by atoms with van der Waals surface area (Å²) in [5.74, 6) is 0.843. The lowest BCUT2D eigenvalue weighted by molar-refractivity contribution is 0.0950. The lowest BCUT2D eigenvalue weighted by Crippen LogP contribution is -2.30. The number of carbonyl (C=O) groups is 1. The van der Waals surface area contributed by atoms with Crippen molar-refractivity contribution < 1.29 is 4.79 Å². The molecule has 20 heavy (non-hydrogen) atoms. The van der Waals surface area contributed by atoms with Gasteiger partial charge >= 0.3 is 0 Å². The zero-order chi connectivity index (χ0) is 14.9. The molecule has 3 nitrogen and oxygen atoms in total. The van der Waals surface area contributed by atoms with Gasteiger partial charge in [-0.3, -0.25) is 4.79 Å². The maximum absolute atomic E-state index is 12.2. The van der Waals surface area contributed by atoms with Crippen LogP contribution >= 0.6 is 22.9 Å². The van der Waals surface area contributed by atoms with Crippen molar-refractivity contribution in [3.63, 3.8) is 0 Å². The first-order chi connectivity index (χ1) is 9.41. The van der Waals surface area contributed by atoms with E-state index in [1.165, 1.54) is 11.3 Å². The first-order valence-electron chi connectivity index (χ1n) is 6.66. The molecular formula is C15H19ClN2OS. The predicted octanol–water partition coefficient (Wildman–Crippen LogP) is 4.16. The fourth-order valence-electron chi connectivity index (χ4n) is 1.87. The van der Waals surface area contributed by atoms with Crippen LogP contribution in [0, 0.1) is 11.8 Å². The standard InChI is InChI=1S/C15H19ClN2OS/c1-8(2)9(3)7-18-15(19)14-13(17)12-10(16)5-4-6-11(12)20-14/h4-6,8-9H,7,17H2,1-3H3,(H,18,19). The number of fused-ring (bicyclic) bond motifs is 1. The summed E-state index contributed by atoms with van der Waals surface area (Å²) in [6, 6.07) is 5.58. The van der Waals surface area contributed by atoms with E-state index in [1.54, 1.807) is 6.07 Å². The molecule has 0 saturated heterocycles. The normalized spacial score (nSPS) is 12.8. The Labute approximate surface area is 128 Å². The molecule has 0 saturated carbocycles. The van der Waals surface area contributed by atoms with E-state index in [0.717, 1.165) is 10.1 Å². The van der Waals surface area contributed by atoms with Crippen molar-refractivity contribution in [1.29, 1.82) is 0 Å². The molecule has 1 atom stereocenters. The number of thiophene rings is 1. The summed E-state index contributed by atoms with van der Waals surface area (Å²) >= 11 is 7.53. The van der Waals surface area contributed by atoms with Crippen LogP contribution < -0.4 is 11.1 Å². The minimum Gasteiger partial charge on any atom is -0.397 e. The van der Waals surface area contributed by atoms with Gasteiger partial charge in [0.05, 0.1) is 10.7 Å². The Bertz CT molecular complexity index is 636. The van der Waals surface area contributed by atoms with Crippen LogP contribution in [0.1, 0.15) is 30.4 Å². The Balaban J connectivity index is 2.23. The third kappa shape index (κ3) is 2.91. The predicted molar refractivity (Wildman–Crippen MR) is 87.6 cm³/mol. The van der Waals surface area contributed by atoms with E-state index in [2.05, 4.69) is 26.1 Å². The summed E-state index contributed by atoms with van der Waals surface area (Å²) < 4.78 is 0.942. The summed E-state index contributed by atoms with van der Waals surface area (Å²) in [4.78, 5) is 12.8. The SMILES string of the molecule is CC(C)C(C)CNC(=O)c1sc2cccc(Cl)c2c1N. The average molecular weight is 311 g/mol. The van der Waals surface area contributed by atoms with Gasteiger partial charge in [0, 0.05) is 16.6 Å². The molecule has 2 aromatic rings. The van der Waals surface area contributed by atoms with E-state index in [4.69, 9.17) is 17.3 Å². The van der Waals surface area contributed by atoms with Gasteiger partial charge in [0.2, 0.25) is 0 Å². The van der Waals surface area contributed by atoms with Gasteiger partial charge in [0.1, 0.15) is 4.88 Å². The number of hydrogen-bond donors (Lipinski definition) is 2. The second kappa shape index (κ2) is 6.02. The number of anilines is 1. The Morgan fingerprint density at radius 2 is 2.10 bits per heavy atom. The van der Waals surface area contributed by atoms with Crippen molar-refractivity contribution in [1.82, 2.24) is 5.32 Å². The number of amides is 1. The maximum Gasteiger partial charge on any atom is 0.263 e. The van der Waals surface area contributed by atoms with Crippen LogP contribution in [0.4, 0.5) is 5.69 Å². The first kappa shape index (κ1) is 15.1. The van der Waals surface area contributed by atoms with Crippen molar-refractivity contribution in [3.05, 3.63) is 28.1 Å². The first-order valence-corrected chi connectivity index (χ1v) is 7.86. The molecule has 1 heterocycles. The van der Waals surface area contributed by atoms with Crippen molar-refractivity contribution in [3.8, 4) is 0 Å². The number of halogens is 1. The summed E-state index contributed by atoms with van der Waals surface area (Å²) in [6.07, 6.45) is 0. The minimum absolute atomic E-state index is 0.118. The van der Waals surface area contributed by atoms with E-state index in [-0.39, 0.29) is 5.91 Å². The van der Waals surface area contributed by atoms with Crippen LogP contribution in [0.15, 0.2) is 18.2 Å². The van der Waals surface area contributed by atoms with E-state index < -0.39 is 0 Å². The van der Waals surface area contributed by atoms with Gasteiger partial charge in [0.25, 0.3) is 5.91 Å². The number of rotatable bonds is 4. The highest BCUT2D eigenvalue weighted by molar-refractivity contribution is 7.21. The highest BCUT2D eigenvalue weighted by Gasteiger charge is 2.18. The molecule has 3 N–H and O–H groups in total.